The second kappa shape index (κ2) is 9.83. The lowest BCUT2D eigenvalue weighted by molar-refractivity contribution is -0.138. The number of urea groups is 1. The standard InChI is InChI=1S/C21H36N4O3/c1-3-4-11-25(21(28)23-17-7-9-22-10-8-17)20(27)16-12-15-13-18(26)5-6-19(15)24(2)14-16/h15-17,19,22H,3-14H2,1-2H3,(H,23,28)/t15-,16?,19-/m1/s1. The van der Waals surface area contributed by atoms with Crippen LogP contribution in [0.2, 0.25) is 0 Å². The van der Waals surface area contributed by atoms with Crippen LogP contribution in [0.5, 0.6) is 0 Å². The summed E-state index contributed by atoms with van der Waals surface area (Å²) in [5.41, 5.74) is 0. The van der Waals surface area contributed by atoms with Crippen molar-refractivity contribution in [1.82, 2.24) is 20.4 Å². The maximum atomic E-state index is 13.3. The molecule has 0 aromatic rings. The van der Waals surface area contributed by atoms with Crippen molar-refractivity contribution in [3.63, 3.8) is 0 Å². The second-order valence-electron chi connectivity index (χ2n) is 8.80. The molecule has 2 N–H and O–H groups in total. The first-order valence-corrected chi connectivity index (χ1v) is 11.0. The van der Waals surface area contributed by atoms with Crippen LogP contribution >= 0.6 is 0 Å². The molecule has 0 aromatic heterocycles. The van der Waals surface area contributed by atoms with Gasteiger partial charge < -0.3 is 15.5 Å². The number of fused-ring (bicyclic) bond motifs is 1. The average Bonchev–Trinajstić information content (AvgIpc) is 2.68. The second-order valence-corrected chi connectivity index (χ2v) is 8.80. The number of hydrogen-bond acceptors (Lipinski definition) is 5. The van der Waals surface area contributed by atoms with Gasteiger partial charge in [0.05, 0.1) is 5.92 Å². The Hall–Kier alpha value is -1.47. The number of amides is 3. The largest absolute Gasteiger partial charge is 0.335 e. The molecule has 3 rings (SSSR count). The van der Waals surface area contributed by atoms with Gasteiger partial charge in [-0.2, -0.15) is 0 Å². The highest BCUT2D eigenvalue weighted by atomic mass is 16.2. The van der Waals surface area contributed by atoms with E-state index in [0.717, 1.165) is 51.6 Å². The van der Waals surface area contributed by atoms with Crippen LogP contribution in [-0.4, -0.2) is 72.8 Å². The van der Waals surface area contributed by atoms with E-state index >= 15 is 0 Å². The van der Waals surface area contributed by atoms with Crippen molar-refractivity contribution in [3.05, 3.63) is 0 Å². The molecule has 7 nitrogen and oxygen atoms in total. The summed E-state index contributed by atoms with van der Waals surface area (Å²) < 4.78 is 0. The minimum atomic E-state index is -0.241. The van der Waals surface area contributed by atoms with Gasteiger partial charge in [0, 0.05) is 38.0 Å². The Morgan fingerprint density at radius 3 is 2.71 bits per heavy atom. The molecule has 0 bridgehead atoms. The van der Waals surface area contributed by atoms with E-state index in [1.807, 2.05) is 0 Å². The van der Waals surface area contributed by atoms with E-state index in [1.54, 1.807) is 0 Å². The van der Waals surface area contributed by atoms with Gasteiger partial charge in [-0.3, -0.25) is 14.5 Å². The number of hydrogen-bond donors (Lipinski definition) is 2. The van der Waals surface area contributed by atoms with Gasteiger partial charge in [-0.05, 0) is 58.2 Å². The molecule has 158 valence electrons. The first-order chi connectivity index (χ1) is 13.5. The predicted molar refractivity (Wildman–Crippen MR) is 108 cm³/mol. The zero-order valence-corrected chi connectivity index (χ0v) is 17.4. The molecule has 1 aliphatic carbocycles. The summed E-state index contributed by atoms with van der Waals surface area (Å²) in [6.07, 6.45) is 6.42. The number of ketones is 1. The summed E-state index contributed by atoms with van der Waals surface area (Å²) >= 11 is 0. The SMILES string of the molecule is CCCCN(C(=O)NC1CCNCC1)C(=O)C1C[C@@H]2CC(=O)CC[C@H]2N(C)C1. The van der Waals surface area contributed by atoms with Crippen LogP contribution in [0.25, 0.3) is 0 Å². The third kappa shape index (κ3) is 5.11. The molecule has 3 aliphatic rings. The van der Waals surface area contributed by atoms with E-state index in [1.165, 1.54) is 4.90 Å². The van der Waals surface area contributed by atoms with Crippen molar-refractivity contribution in [3.8, 4) is 0 Å². The molecule has 3 amide bonds. The summed E-state index contributed by atoms with van der Waals surface area (Å²) in [4.78, 5) is 41.9. The summed E-state index contributed by atoms with van der Waals surface area (Å²) in [5.74, 6) is 0.291. The third-order valence-electron chi connectivity index (χ3n) is 6.68. The fourth-order valence-electron chi connectivity index (χ4n) is 5.06. The predicted octanol–water partition coefficient (Wildman–Crippen LogP) is 1.77. The van der Waals surface area contributed by atoms with Gasteiger partial charge in [0.25, 0.3) is 0 Å². The lowest BCUT2D eigenvalue weighted by Gasteiger charge is -2.45. The lowest BCUT2D eigenvalue weighted by atomic mass is 9.74. The van der Waals surface area contributed by atoms with Crippen molar-refractivity contribution < 1.29 is 14.4 Å². The van der Waals surface area contributed by atoms with Crippen molar-refractivity contribution in [2.75, 3.05) is 33.2 Å². The molecule has 28 heavy (non-hydrogen) atoms. The summed E-state index contributed by atoms with van der Waals surface area (Å²) in [6, 6.07) is 0.296. The van der Waals surface area contributed by atoms with Gasteiger partial charge in [0.15, 0.2) is 0 Å². The molecule has 0 spiro atoms. The molecule has 0 aromatic carbocycles. The zero-order chi connectivity index (χ0) is 20.1. The fourth-order valence-corrected chi connectivity index (χ4v) is 5.06. The summed E-state index contributed by atoms with van der Waals surface area (Å²) in [7, 11) is 2.05. The van der Waals surface area contributed by atoms with Gasteiger partial charge >= 0.3 is 6.03 Å². The quantitative estimate of drug-likeness (QED) is 0.745. The molecule has 2 heterocycles. The van der Waals surface area contributed by atoms with Crippen LogP contribution in [-0.2, 0) is 9.59 Å². The number of nitrogens with zero attached hydrogens (tertiary/aromatic N) is 2. The van der Waals surface area contributed by atoms with Crippen molar-refractivity contribution >= 4 is 17.7 Å². The fraction of sp³-hybridized carbons (Fsp3) is 0.857. The van der Waals surface area contributed by atoms with Crippen LogP contribution in [0.4, 0.5) is 4.79 Å². The van der Waals surface area contributed by atoms with Crippen molar-refractivity contribution in [1.29, 1.82) is 0 Å². The molecule has 1 unspecified atom stereocenters. The maximum absolute atomic E-state index is 13.3. The molecule has 1 saturated carbocycles. The summed E-state index contributed by atoms with van der Waals surface area (Å²) in [5, 5.41) is 6.38. The van der Waals surface area contributed by atoms with Gasteiger partial charge in [-0.15, -0.1) is 0 Å². The summed E-state index contributed by atoms with van der Waals surface area (Å²) in [6.45, 7) is 5.02. The van der Waals surface area contributed by atoms with Gasteiger partial charge in [0.2, 0.25) is 5.91 Å². The van der Waals surface area contributed by atoms with E-state index in [2.05, 4.69) is 29.5 Å². The first-order valence-electron chi connectivity index (χ1n) is 11.0. The third-order valence-corrected chi connectivity index (χ3v) is 6.68. The maximum Gasteiger partial charge on any atom is 0.324 e. The highest BCUT2D eigenvalue weighted by molar-refractivity contribution is 5.96. The smallest absolute Gasteiger partial charge is 0.324 e. The van der Waals surface area contributed by atoms with E-state index in [0.29, 0.717) is 37.8 Å². The number of imide groups is 1. The van der Waals surface area contributed by atoms with E-state index in [9.17, 15) is 14.4 Å². The minimum absolute atomic E-state index is 0.0665. The Labute approximate surface area is 168 Å². The number of carbonyl (C=O) groups excluding carboxylic acids is 3. The molecular formula is C21H36N4O3. The minimum Gasteiger partial charge on any atom is -0.335 e. The molecule has 3 atom stereocenters. The van der Waals surface area contributed by atoms with Crippen molar-refractivity contribution in [2.45, 2.75) is 70.4 Å². The van der Waals surface area contributed by atoms with Gasteiger partial charge in [-0.25, -0.2) is 4.79 Å². The van der Waals surface area contributed by atoms with Crippen LogP contribution in [0.1, 0.15) is 58.3 Å². The Balaban J connectivity index is 1.65. The average molecular weight is 393 g/mol. The number of Topliss-reactive ketones (excluding diaryl/α,β-unsaturated/α-hetero) is 1. The number of piperidine rings is 2. The van der Waals surface area contributed by atoms with Gasteiger partial charge in [0.1, 0.15) is 5.78 Å². The highest BCUT2D eigenvalue weighted by Crippen LogP contribution is 2.36. The number of rotatable bonds is 5. The Morgan fingerprint density at radius 2 is 2.00 bits per heavy atom. The van der Waals surface area contributed by atoms with E-state index in [4.69, 9.17) is 0 Å². The van der Waals surface area contributed by atoms with Crippen LogP contribution in [0.15, 0.2) is 0 Å². The van der Waals surface area contributed by atoms with Crippen LogP contribution in [0, 0.1) is 11.8 Å². The topological polar surface area (TPSA) is 81.8 Å². The molecule has 3 fully saturated rings. The molecule has 2 saturated heterocycles. The number of unbranched alkanes of at least 4 members (excludes halogenated alkanes) is 1. The monoisotopic (exact) mass is 392 g/mol. The number of likely N-dealkylation sites (tertiary alicyclic amines) is 1. The van der Waals surface area contributed by atoms with Crippen LogP contribution in [0.3, 0.4) is 0 Å². The van der Waals surface area contributed by atoms with Gasteiger partial charge in [-0.1, -0.05) is 13.3 Å². The zero-order valence-electron chi connectivity index (χ0n) is 17.4. The highest BCUT2D eigenvalue weighted by Gasteiger charge is 2.42. The first kappa shape index (κ1) is 21.2. The molecular weight excluding hydrogens is 356 g/mol. The Kier molecular flexibility index (Phi) is 7.46. The molecule has 2 aliphatic heterocycles. The van der Waals surface area contributed by atoms with Crippen LogP contribution < -0.4 is 10.6 Å². The van der Waals surface area contributed by atoms with E-state index in [-0.39, 0.29) is 29.8 Å². The Morgan fingerprint density at radius 1 is 1.25 bits per heavy atom. The lowest BCUT2D eigenvalue weighted by Crippen LogP contribution is -2.56. The number of nitrogens with one attached hydrogen (secondary N) is 2. The van der Waals surface area contributed by atoms with Crippen molar-refractivity contribution in [2.24, 2.45) is 11.8 Å². The molecule has 7 heteroatoms. The normalized spacial score (nSPS) is 29.2. The molecule has 0 radical (unpaired) electrons. The Bertz CT molecular complexity index is 576. The number of carbonyl (C=O) groups is 3. The van der Waals surface area contributed by atoms with E-state index < -0.39 is 0 Å².